The van der Waals surface area contributed by atoms with Gasteiger partial charge in [-0.1, -0.05) is 24.6 Å². The van der Waals surface area contributed by atoms with E-state index in [1.54, 1.807) is 32.4 Å². The molecule has 0 heterocycles. The average molecular weight is 423 g/mol. The van der Waals surface area contributed by atoms with Crippen LogP contribution in [-0.2, 0) is 4.74 Å². The number of thiocarbonyl (C=S) groups is 1. The summed E-state index contributed by atoms with van der Waals surface area (Å²) in [7, 11) is 4.50. The van der Waals surface area contributed by atoms with Crippen molar-refractivity contribution in [2.24, 2.45) is 0 Å². The van der Waals surface area contributed by atoms with Crippen molar-refractivity contribution in [2.75, 3.05) is 26.6 Å². The third-order valence-electron chi connectivity index (χ3n) is 4.15. The first kappa shape index (κ1) is 21.8. The van der Waals surface area contributed by atoms with Crippen LogP contribution in [0.25, 0.3) is 0 Å². The second kappa shape index (κ2) is 10.1. The van der Waals surface area contributed by atoms with Gasteiger partial charge in [-0.05, 0) is 54.5 Å². The van der Waals surface area contributed by atoms with Crippen molar-refractivity contribution in [1.82, 2.24) is 5.32 Å². The minimum absolute atomic E-state index is 0.0350. The molecule has 0 saturated carbocycles. The second-order valence-corrected chi connectivity index (χ2v) is 6.68. The van der Waals surface area contributed by atoms with Crippen molar-refractivity contribution in [2.45, 2.75) is 19.4 Å². The smallest absolute Gasteiger partial charge is 0.339 e. The Morgan fingerprint density at radius 2 is 1.82 bits per heavy atom. The highest BCUT2D eigenvalue weighted by Gasteiger charge is 2.15. The number of esters is 1. The van der Waals surface area contributed by atoms with Gasteiger partial charge in [0, 0.05) is 5.69 Å². The van der Waals surface area contributed by atoms with Crippen molar-refractivity contribution >= 4 is 40.6 Å². The van der Waals surface area contributed by atoms with E-state index in [1.165, 1.54) is 7.11 Å². The van der Waals surface area contributed by atoms with Crippen LogP contribution in [0.3, 0.4) is 0 Å². The molecule has 1 unspecified atom stereocenters. The number of hydrogen-bond acceptors (Lipinski definition) is 5. The van der Waals surface area contributed by atoms with Gasteiger partial charge in [-0.15, -0.1) is 0 Å². The molecule has 0 aliphatic heterocycles. The molecule has 2 rings (SSSR count). The Hall–Kier alpha value is -2.51. The van der Waals surface area contributed by atoms with Crippen LogP contribution in [0.5, 0.6) is 11.5 Å². The lowest BCUT2D eigenvalue weighted by atomic mass is 10.0. The summed E-state index contributed by atoms with van der Waals surface area (Å²) in [6.45, 7) is 2.05. The van der Waals surface area contributed by atoms with Gasteiger partial charge in [0.25, 0.3) is 0 Å². The lowest BCUT2D eigenvalue weighted by Gasteiger charge is -2.21. The molecule has 1 atom stereocenters. The molecular formula is C20H23ClN2O4S. The lowest BCUT2D eigenvalue weighted by Crippen LogP contribution is -2.32. The van der Waals surface area contributed by atoms with Crippen molar-refractivity contribution in [3.63, 3.8) is 0 Å². The van der Waals surface area contributed by atoms with Crippen LogP contribution in [0.15, 0.2) is 36.4 Å². The number of anilines is 1. The van der Waals surface area contributed by atoms with Crippen molar-refractivity contribution < 1.29 is 19.0 Å². The standard InChI is InChI=1S/C20H23ClN2O4S/c1-5-16(12-6-9-17(25-2)18(10-12)26-3)23-20(28)22-13-7-8-15(21)14(11-13)19(24)27-4/h6-11,16H,5H2,1-4H3,(H2,22,23,28). The third-order valence-corrected chi connectivity index (χ3v) is 4.70. The number of ether oxygens (including phenoxy) is 3. The van der Waals surface area contributed by atoms with Gasteiger partial charge in [0.2, 0.25) is 0 Å². The Kier molecular flexibility index (Phi) is 7.90. The summed E-state index contributed by atoms with van der Waals surface area (Å²) < 4.78 is 15.4. The molecule has 2 aromatic rings. The second-order valence-electron chi connectivity index (χ2n) is 5.86. The van der Waals surface area contributed by atoms with Gasteiger partial charge in [0.05, 0.1) is 38.0 Å². The topological polar surface area (TPSA) is 68.8 Å². The normalized spacial score (nSPS) is 11.3. The van der Waals surface area contributed by atoms with Crippen LogP contribution in [0, 0.1) is 0 Å². The Labute approximate surface area is 175 Å². The zero-order valence-corrected chi connectivity index (χ0v) is 17.7. The van der Waals surface area contributed by atoms with E-state index < -0.39 is 5.97 Å². The predicted octanol–water partition coefficient (Wildman–Crippen LogP) is 4.58. The number of benzene rings is 2. The molecule has 0 spiro atoms. The average Bonchev–Trinajstić information content (AvgIpc) is 2.72. The predicted molar refractivity (Wildman–Crippen MR) is 115 cm³/mol. The molecule has 0 aliphatic carbocycles. The fraction of sp³-hybridized carbons (Fsp3) is 0.300. The van der Waals surface area contributed by atoms with Gasteiger partial charge in [-0.2, -0.15) is 0 Å². The summed E-state index contributed by atoms with van der Waals surface area (Å²) in [5, 5.41) is 7.07. The molecule has 0 saturated heterocycles. The van der Waals surface area contributed by atoms with Crippen LogP contribution in [0.4, 0.5) is 5.69 Å². The van der Waals surface area contributed by atoms with Gasteiger partial charge in [-0.25, -0.2) is 4.79 Å². The maximum Gasteiger partial charge on any atom is 0.339 e. The highest BCUT2D eigenvalue weighted by atomic mass is 35.5. The number of halogens is 1. The Morgan fingerprint density at radius 1 is 1.11 bits per heavy atom. The minimum atomic E-state index is -0.510. The third kappa shape index (κ3) is 5.27. The van der Waals surface area contributed by atoms with E-state index in [1.807, 2.05) is 18.2 Å². The summed E-state index contributed by atoms with van der Waals surface area (Å²) in [5.74, 6) is 0.808. The Bertz CT molecular complexity index is 860. The highest BCUT2D eigenvalue weighted by Crippen LogP contribution is 2.31. The number of hydrogen-bond donors (Lipinski definition) is 2. The molecule has 0 aliphatic rings. The number of nitrogens with one attached hydrogen (secondary N) is 2. The fourth-order valence-corrected chi connectivity index (χ4v) is 3.14. The SMILES string of the molecule is CCC(NC(=S)Nc1ccc(Cl)c(C(=O)OC)c1)c1ccc(OC)c(OC)c1. The molecule has 0 amide bonds. The zero-order valence-electron chi connectivity index (χ0n) is 16.2. The van der Waals surface area contributed by atoms with Crippen LogP contribution in [-0.4, -0.2) is 32.4 Å². The van der Waals surface area contributed by atoms with Crippen molar-refractivity contribution in [3.8, 4) is 11.5 Å². The molecule has 8 heteroatoms. The summed E-state index contributed by atoms with van der Waals surface area (Å²) >= 11 is 11.5. The molecule has 6 nitrogen and oxygen atoms in total. The number of carbonyl (C=O) groups is 1. The maximum atomic E-state index is 11.8. The van der Waals surface area contributed by atoms with Crippen LogP contribution in [0.1, 0.15) is 35.3 Å². The first-order valence-electron chi connectivity index (χ1n) is 8.60. The summed E-state index contributed by atoms with van der Waals surface area (Å²) in [5.41, 5.74) is 1.91. The van der Waals surface area contributed by atoms with E-state index in [0.717, 1.165) is 12.0 Å². The van der Waals surface area contributed by atoms with Gasteiger partial charge < -0.3 is 24.8 Å². The molecule has 0 aromatic heterocycles. The van der Waals surface area contributed by atoms with E-state index in [9.17, 15) is 4.79 Å². The molecule has 28 heavy (non-hydrogen) atoms. The summed E-state index contributed by atoms with van der Waals surface area (Å²) in [4.78, 5) is 11.8. The lowest BCUT2D eigenvalue weighted by molar-refractivity contribution is 0.0601. The molecule has 150 valence electrons. The van der Waals surface area contributed by atoms with Gasteiger partial charge in [-0.3, -0.25) is 0 Å². The molecule has 0 radical (unpaired) electrons. The largest absolute Gasteiger partial charge is 0.493 e. The number of rotatable bonds is 7. The Balaban J connectivity index is 2.14. The van der Waals surface area contributed by atoms with Gasteiger partial charge in [0.1, 0.15) is 0 Å². The molecule has 2 aromatic carbocycles. The monoisotopic (exact) mass is 422 g/mol. The number of methoxy groups -OCH3 is 3. The number of carbonyl (C=O) groups excluding carboxylic acids is 1. The maximum absolute atomic E-state index is 11.8. The van der Waals surface area contributed by atoms with Crippen LogP contribution < -0.4 is 20.1 Å². The van der Waals surface area contributed by atoms with E-state index >= 15 is 0 Å². The fourth-order valence-electron chi connectivity index (χ4n) is 2.69. The van der Waals surface area contributed by atoms with Crippen molar-refractivity contribution in [1.29, 1.82) is 0 Å². The summed E-state index contributed by atoms with van der Waals surface area (Å²) in [6, 6.07) is 10.6. The van der Waals surface area contributed by atoms with E-state index in [2.05, 4.69) is 17.6 Å². The Morgan fingerprint density at radius 3 is 2.43 bits per heavy atom. The van der Waals surface area contributed by atoms with Crippen molar-refractivity contribution in [3.05, 3.63) is 52.5 Å². The highest BCUT2D eigenvalue weighted by molar-refractivity contribution is 7.80. The minimum Gasteiger partial charge on any atom is -0.493 e. The van der Waals surface area contributed by atoms with Gasteiger partial charge >= 0.3 is 5.97 Å². The van der Waals surface area contributed by atoms with E-state index in [-0.39, 0.29) is 11.6 Å². The molecule has 2 N–H and O–H groups in total. The first-order valence-corrected chi connectivity index (χ1v) is 9.39. The first-order chi connectivity index (χ1) is 13.4. The van der Waals surface area contributed by atoms with Crippen LogP contribution >= 0.6 is 23.8 Å². The molecular weight excluding hydrogens is 400 g/mol. The summed E-state index contributed by atoms with van der Waals surface area (Å²) in [6.07, 6.45) is 0.797. The molecule has 0 fully saturated rings. The molecule has 0 bridgehead atoms. The van der Waals surface area contributed by atoms with E-state index in [0.29, 0.717) is 27.3 Å². The van der Waals surface area contributed by atoms with Gasteiger partial charge in [0.15, 0.2) is 16.6 Å². The zero-order chi connectivity index (χ0) is 20.7. The van der Waals surface area contributed by atoms with E-state index in [4.69, 9.17) is 38.0 Å². The van der Waals surface area contributed by atoms with Crippen LogP contribution in [0.2, 0.25) is 5.02 Å². The quantitative estimate of drug-likeness (QED) is 0.499.